The molecule has 0 spiro atoms. The van der Waals surface area contributed by atoms with Crippen molar-refractivity contribution in [1.82, 2.24) is 0 Å². The zero-order valence-electron chi connectivity index (χ0n) is 17.4. The van der Waals surface area contributed by atoms with Gasteiger partial charge in [0.05, 0.1) is 0 Å². The molecular formula is C24H40O. The Kier molecular flexibility index (Phi) is 5.52. The van der Waals surface area contributed by atoms with Gasteiger partial charge in [-0.15, -0.1) is 0 Å². The average Bonchev–Trinajstić information content (AvgIpc) is 2.92. The molecule has 0 radical (unpaired) electrons. The number of hydrogen-bond donors (Lipinski definition) is 0. The van der Waals surface area contributed by atoms with Gasteiger partial charge in [-0.1, -0.05) is 53.7 Å². The minimum Gasteiger partial charge on any atom is -0.299 e. The van der Waals surface area contributed by atoms with E-state index in [1.54, 1.807) is 0 Å². The predicted octanol–water partition coefficient (Wildman–Crippen LogP) is 6.53. The molecule has 0 aromatic heterocycles. The van der Waals surface area contributed by atoms with Crippen molar-refractivity contribution in [3.63, 3.8) is 0 Å². The summed E-state index contributed by atoms with van der Waals surface area (Å²) in [6.45, 7) is 14.3. The maximum absolute atomic E-state index is 12.2. The normalized spacial score (nSPS) is 44.0. The summed E-state index contributed by atoms with van der Waals surface area (Å²) in [7, 11) is 0. The van der Waals surface area contributed by atoms with Crippen LogP contribution in [0.1, 0.15) is 80.1 Å². The summed E-state index contributed by atoms with van der Waals surface area (Å²) in [6, 6.07) is 0. The summed E-state index contributed by atoms with van der Waals surface area (Å²) in [6.07, 6.45) is 12.5. The summed E-state index contributed by atoms with van der Waals surface area (Å²) < 4.78 is 0. The van der Waals surface area contributed by atoms with Gasteiger partial charge in [0.25, 0.3) is 0 Å². The number of allylic oxidation sites excluding steroid dienone is 2. The fraction of sp³-hybridized carbons (Fsp3) is 0.875. The van der Waals surface area contributed by atoms with E-state index in [4.69, 9.17) is 0 Å². The molecule has 25 heavy (non-hydrogen) atoms. The minimum atomic E-state index is 0.326. The highest BCUT2D eigenvalue weighted by Gasteiger charge is 2.56. The second kappa shape index (κ2) is 7.20. The Morgan fingerprint density at radius 2 is 1.72 bits per heavy atom. The van der Waals surface area contributed by atoms with Crippen LogP contribution in [0.15, 0.2) is 12.2 Å². The van der Waals surface area contributed by atoms with Crippen molar-refractivity contribution in [3.8, 4) is 0 Å². The molecule has 3 rings (SSSR count). The summed E-state index contributed by atoms with van der Waals surface area (Å²) in [5.74, 6) is 6.17. The zero-order valence-corrected chi connectivity index (χ0v) is 17.4. The highest BCUT2D eigenvalue weighted by molar-refractivity contribution is 5.81. The monoisotopic (exact) mass is 344 g/mol. The van der Waals surface area contributed by atoms with Gasteiger partial charge in [0.1, 0.15) is 5.78 Å². The van der Waals surface area contributed by atoms with Gasteiger partial charge < -0.3 is 0 Å². The van der Waals surface area contributed by atoms with E-state index in [1.165, 1.54) is 32.1 Å². The molecule has 0 aromatic carbocycles. The molecule has 1 nitrogen and oxygen atoms in total. The zero-order chi connectivity index (χ0) is 18.4. The number of Topliss-reactive ketones (excluding diaryl/α,β-unsaturated/α-hetero) is 1. The summed E-state index contributed by atoms with van der Waals surface area (Å²) in [4.78, 5) is 12.2. The number of rotatable bonds is 4. The Morgan fingerprint density at radius 3 is 2.40 bits per heavy atom. The van der Waals surface area contributed by atoms with E-state index in [0.29, 0.717) is 34.9 Å². The highest BCUT2D eigenvalue weighted by Crippen LogP contribution is 2.63. The Bertz CT molecular complexity index is 518. The van der Waals surface area contributed by atoms with E-state index in [-0.39, 0.29) is 0 Å². The first-order valence-electron chi connectivity index (χ1n) is 11.0. The van der Waals surface area contributed by atoms with Crippen LogP contribution in [0.2, 0.25) is 0 Å². The van der Waals surface area contributed by atoms with Crippen molar-refractivity contribution >= 4 is 5.78 Å². The molecule has 3 saturated carbocycles. The minimum absolute atomic E-state index is 0.326. The molecule has 142 valence electrons. The van der Waals surface area contributed by atoms with Gasteiger partial charge in [-0.3, -0.25) is 4.79 Å². The maximum Gasteiger partial charge on any atom is 0.135 e. The lowest BCUT2D eigenvalue weighted by Crippen LogP contribution is -2.47. The number of ketones is 1. The molecule has 0 heterocycles. The van der Waals surface area contributed by atoms with Gasteiger partial charge in [-0.05, 0) is 78.9 Å². The lowest BCUT2D eigenvalue weighted by molar-refractivity contribution is -0.132. The van der Waals surface area contributed by atoms with Crippen LogP contribution in [-0.2, 0) is 4.79 Å². The highest BCUT2D eigenvalue weighted by atomic mass is 16.1. The second-order valence-corrected chi connectivity index (χ2v) is 10.3. The first kappa shape index (κ1) is 19.2. The van der Waals surface area contributed by atoms with E-state index >= 15 is 0 Å². The number of carbonyl (C=O) groups excluding carboxylic acids is 1. The van der Waals surface area contributed by atoms with E-state index in [2.05, 4.69) is 53.7 Å². The second-order valence-electron chi connectivity index (χ2n) is 10.3. The van der Waals surface area contributed by atoms with E-state index in [9.17, 15) is 4.79 Å². The molecule has 3 aliphatic carbocycles. The first-order chi connectivity index (χ1) is 11.8. The lowest BCUT2D eigenvalue weighted by atomic mass is 9.52. The third-order valence-corrected chi connectivity index (χ3v) is 8.84. The Morgan fingerprint density at radius 1 is 1.00 bits per heavy atom. The van der Waals surface area contributed by atoms with Crippen molar-refractivity contribution in [2.75, 3.05) is 0 Å². The molecule has 0 amide bonds. The summed E-state index contributed by atoms with van der Waals surface area (Å²) in [5, 5.41) is 0. The molecule has 1 heteroatoms. The molecule has 0 aliphatic heterocycles. The van der Waals surface area contributed by atoms with Crippen molar-refractivity contribution in [2.45, 2.75) is 80.1 Å². The van der Waals surface area contributed by atoms with Gasteiger partial charge in [0.2, 0.25) is 0 Å². The van der Waals surface area contributed by atoms with Gasteiger partial charge >= 0.3 is 0 Å². The van der Waals surface area contributed by atoms with Crippen LogP contribution in [0.4, 0.5) is 0 Å². The lowest BCUT2D eigenvalue weighted by Gasteiger charge is -2.52. The maximum atomic E-state index is 12.2. The van der Waals surface area contributed by atoms with Crippen LogP contribution < -0.4 is 0 Å². The fourth-order valence-corrected chi connectivity index (χ4v) is 6.74. The smallest absolute Gasteiger partial charge is 0.135 e. The third-order valence-electron chi connectivity index (χ3n) is 8.84. The molecule has 0 N–H and O–H groups in total. The van der Waals surface area contributed by atoms with Crippen LogP contribution in [0.3, 0.4) is 0 Å². The fourth-order valence-electron chi connectivity index (χ4n) is 6.74. The van der Waals surface area contributed by atoms with Gasteiger partial charge in [0, 0.05) is 12.3 Å². The Labute approximate surface area is 156 Å². The average molecular weight is 345 g/mol. The number of hydrogen-bond acceptors (Lipinski definition) is 1. The summed E-state index contributed by atoms with van der Waals surface area (Å²) in [5.41, 5.74) is 0.506. The Balaban J connectivity index is 1.73. The van der Waals surface area contributed by atoms with Crippen molar-refractivity contribution in [1.29, 1.82) is 0 Å². The standard InChI is InChI=1S/C24H40O/c1-15(2)16(3)7-8-17(4)21-10-11-22-20-9-12-23(25)18(5)19(20)13-14-24(21,22)6/h7-8,15-22H,9-14H2,1-6H3. The van der Waals surface area contributed by atoms with Crippen LogP contribution >= 0.6 is 0 Å². The van der Waals surface area contributed by atoms with E-state index < -0.39 is 0 Å². The number of fused-ring (bicyclic) bond motifs is 3. The number of carbonyl (C=O) groups is 1. The van der Waals surface area contributed by atoms with E-state index in [0.717, 1.165) is 30.1 Å². The Hall–Kier alpha value is -0.590. The first-order valence-corrected chi connectivity index (χ1v) is 11.0. The van der Waals surface area contributed by atoms with Crippen LogP contribution in [-0.4, -0.2) is 5.78 Å². The van der Waals surface area contributed by atoms with Crippen molar-refractivity contribution < 1.29 is 4.79 Å². The summed E-state index contributed by atoms with van der Waals surface area (Å²) >= 11 is 0. The molecule has 0 saturated heterocycles. The third kappa shape index (κ3) is 3.37. The van der Waals surface area contributed by atoms with Crippen LogP contribution in [0.5, 0.6) is 0 Å². The van der Waals surface area contributed by atoms with Crippen molar-refractivity contribution in [3.05, 3.63) is 12.2 Å². The van der Waals surface area contributed by atoms with Crippen LogP contribution in [0, 0.1) is 52.8 Å². The van der Waals surface area contributed by atoms with Crippen molar-refractivity contribution in [2.24, 2.45) is 52.8 Å². The topological polar surface area (TPSA) is 17.1 Å². The molecule has 8 atom stereocenters. The molecular weight excluding hydrogens is 304 g/mol. The van der Waals surface area contributed by atoms with Crippen LogP contribution in [0.25, 0.3) is 0 Å². The van der Waals surface area contributed by atoms with Gasteiger partial charge in [0.15, 0.2) is 0 Å². The van der Waals surface area contributed by atoms with E-state index in [1.807, 2.05) is 0 Å². The molecule has 3 fully saturated rings. The largest absolute Gasteiger partial charge is 0.299 e. The van der Waals surface area contributed by atoms with Gasteiger partial charge in [-0.25, -0.2) is 0 Å². The predicted molar refractivity (Wildman–Crippen MR) is 106 cm³/mol. The SMILES string of the molecule is CC(C)C(C)C=CC(C)C1CCC2C3CCC(=O)C(C)C3CCC12C. The molecule has 0 aromatic rings. The quantitative estimate of drug-likeness (QED) is 0.530. The molecule has 0 bridgehead atoms. The molecule has 8 unspecified atom stereocenters. The molecule has 3 aliphatic rings. The van der Waals surface area contributed by atoms with Gasteiger partial charge in [-0.2, -0.15) is 0 Å².